The summed E-state index contributed by atoms with van der Waals surface area (Å²) in [7, 11) is 3.84. The van der Waals surface area contributed by atoms with Crippen molar-refractivity contribution in [3.05, 3.63) is 53.8 Å². The Morgan fingerprint density at radius 1 is 1.09 bits per heavy atom. The number of anilines is 2. The van der Waals surface area contributed by atoms with Crippen LogP contribution < -0.4 is 14.5 Å². The van der Waals surface area contributed by atoms with Gasteiger partial charge in [0.2, 0.25) is 0 Å². The molecular formula is C27H37FN4O2. The van der Waals surface area contributed by atoms with E-state index in [1.54, 1.807) is 19.2 Å². The van der Waals surface area contributed by atoms with Crippen molar-refractivity contribution in [1.29, 1.82) is 0 Å². The summed E-state index contributed by atoms with van der Waals surface area (Å²) < 4.78 is 20.8. The number of nitrogens with zero attached hydrogens (tertiary/aromatic N) is 4. The number of carbonyl (C=O) groups is 1. The van der Waals surface area contributed by atoms with E-state index in [1.807, 2.05) is 24.3 Å². The molecule has 6 nitrogen and oxygen atoms in total. The zero-order valence-electron chi connectivity index (χ0n) is 20.7. The van der Waals surface area contributed by atoms with Gasteiger partial charge in [0, 0.05) is 63.6 Å². The SMILES string of the molecule is CCCCOc1ccc(C(=O)N(C)c2ccc(N3CCC(N4CCN(C)CC4)C3)c(F)c2)cc1. The molecule has 1 unspecified atom stereocenters. The van der Waals surface area contributed by atoms with Gasteiger partial charge in [0.05, 0.1) is 12.3 Å². The van der Waals surface area contributed by atoms with Crippen molar-refractivity contribution < 1.29 is 13.9 Å². The second-order valence-electron chi connectivity index (χ2n) is 9.45. The Morgan fingerprint density at radius 3 is 2.50 bits per heavy atom. The second-order valence-corrected chi connectivity index (χ2v) is 9.45. The summed E-state index contributed by atoms with van der Waals surface area (Å²) >= 11 is 0. The maximum absolute atomic E-state index is 15.1. The maximum Gasteiger partial charge on any atom is 0.258 e. The van der Waals surface area contributed by atoms with E-state index >= 15 is 4.39 Å². The summed E-state index contributed by atoms with van der Waals surface area (Å²) in [5.41, 5.74) is 1.71. The number of benzene rings is 2. The van der Waals surface area contributed by atoms with E-state index in [9.17, 15) is 4.79 Å². The number of amides is 1. The molecule has 2 heterocycles. The van der Waals surface area contributed by atoms with Gasteiger partial charge in [-0.3, -0.25) is 9.69 Å². The summed E-state index contributed by atoms with van der Waals surface area (Å²) in [5, 5.41) is 0. The molecule has 184 valence electrons. The number of carbonyl (C=O) groups excluding carboxylic acids is 1. The number of hydrogen-bond acceptors (Lipinski definition) is 5. The molecule has 0 radical (unpaired) electrons. The fourth-order valence-electron chi connectivity index (χ4n) is 4.75. The summed E-state index contributed by atoms with van der Waals surface area (Å²) in [6.45, 7) is 8.83. The lowest BCUT2D eigenvalue weighted by atomic mass is 10.1. The van der Waals surface area contributed by atoms with Gasteiger partial charge in [-0.05, 0) is 62.4 Å². The molecule has 1 atom stereocenters. The lowest BCUT2D eigenvalue weighted by Gasteiger charge is -2.36. The lowest BCUT2D eigenvalue weighted by Crippen LogP contribution is -2.49. The first-order valence-electron chi connectivity index (χ1n) is 12.4. The van der Waals surface area contributed by atoms with Crippen molar-refractivity contribution >= 4 is 17.3 Å². The average molecular weight is 469 g/mol. The Balaban J connectivity index is 1.37. The number of rotatable bonds is 8. The van der Waals surface area contributed by atoms with Crippen molar-refractivity contribution in [2.45, 2.75) is 32.2 Å². The summed E-state index contributed by atoms with van der Waals surface area (Å²) in [6.07, 6.45) is 3.13. The summed E-state index contributed by atoms with van der Waals surface area (Å²) in [5.74, 6) is 0.294. The van der Waals surface area contributed by atoms with Crippen LogP contribution in [0.3, 0.4) is 0 Å². The molecule has 7 heteroatoms. The van der Waals surface area contributed by atoms with E-state index in [2.05, 4.69) is 28.7 Å². The van der Waals surface area contributed by atoms with Crippen LogP contribution in [-0.2, 0) is 0 Å². The van der Waals surface area contributed by atoms with Crippen LogP contribution in [-0.4, -0.2) is 81.7 Å². The van der Waals surface area contributed by atoms with Gasteiger partial charge in [0.1, 0.15) is 11.6 Å². The van der Waals surface area contributed by atoms with E-state index in [4.69, 9.17) is 4.74 Å². The smallest absolute Gasteiger partial charge is 0.258 e. The summed E-state index contributed by atoms with van der Waals surface area (Å²) in [4.78, 5) is 21.5. The second kappa shape index (κ2) is 11.2. The van der Waals surface area contributed by atoms with Crippen molar-refractivity contribution in [2.75, 3.05) is 69.8 Å². The minimum atomic E-state index is -0.282. The topological polar surface area (TPSA) is 39.3 Å². The molecule has 0 aromatic heterocycles. The minimum absolute atomic E-state index is 0.177. The van der Waals surface area contributed by atoms with Crippen molar-refractivity contribution in [3.63, 3.8) is 0 Å². The van der Waals surface area contributed by atoms with E-state index in [-0.39, 0.29) is 11.7 Å². The molecule has 2 fully saturated rings. The van der Waals surface area contributed by atoms with Crippen LogP contribution >= 0.6 is 0 Å². The van der Waals surface area contributed by atoms with Crippen LogP contribution in [0.5, 0.6) is 5.75 Å². The number of ether oxygens (including phenoxy) is 1. The van der Waals surface area contributed by atoms with Crippen molar-refractivity contribution in [3.8, 4) is 5.75 Å². The Hall–Kier alpha value is -2.64. The van der Waals surface area contributed by atoms with Gasteiger partial charge < -0.3 is 19.4 Å². The highest BCUT2D eigenvalue weighted by atomic mass is 19.1. The van der Waals surface area contributed by atoms with Crippen LogP contribution in [0.15, 0.2) is 42.5 Å². The maximum atomic E-state index is 15.1. The highest BCUT2D eigenvalue weighted by molar-refractivity contribution is 6.05. The fraction of sp³-hybridized carbons (Fsp3) is 0.519. The molecule has 0 aliphatic carbocycles. The molecular weight excluding hydrogens is 431 g/mol. The zero-order chi connectivity index (χ0) is 24.1. The fourth-order valence-corrected chi connectivity index (χ4v) is 4.75. The van der Waals surface area contributed by atoms with Crippen LogP contribution in [0.4, 0.5) is 15.8 Å². The third-order valence-electron chi connectivity index (χ3n) is 7.05. The highest BCUT2D eigenvalue weighted by Gasteiger charge is 2.30. The predicted octanol–water partition coefficient (Wildman–Crippen LogP) is 4.11. The van der Waals surface area contributed by atoms with Crippen LogP contribution in [0, 0.1) is 5.82 Å². The molecule has 0 saturated carbocycles. The molecule has 1 amide bonds. The Morgan fingerprint density at radius 2 is 1.82 bits per heavy atom. The first-order chi connectivity index (χ1) is 16.5. The van der Waals surface area contributed by atoms with E-state index in [0.717, 1.165) is 64.3 Å². The van der Waals surface area contributed by atoms with Crippen molar-refractivity contribution in [1.82, 2.24) is 9.80 Å². The molecule has 2 saturated heterocycles. The van der Waals surface area contributed by atoms with Gasteiger partial charge in [-0.25, -0.2) is 4.39 Å². The van der Waals surface area contributed by atoms with E-state index < -0.39 is 0 Å². The Labute approximate surface area is 202 Å². The van der Waals surface area contributed by atoms with Crippen molar-refractivity contribution in [2.24, 2.45) is 0 Å². The van der Waals surface area contributed by atoms with Gasteiger partial charge in [-0.1, -0.05) is 13.3 Å². The molecule has 2 aromatic rings. The predicted molar refractivity (Wildman–Crippen MR) is 136 cm³/mol. The minimum Gasteiger partial charge on any atom is -0.494 e. The van der Waals surface area contributed by atoms with Crippen LogP contribution in [0.1, 0.15) is 36.5 Å². The Kier molecular flexibility index (Phi) is 8.06. The zero-order valence-corrected chi connectivity index (χ0v) is 20.7. The highest BCUT2D eigenvalue weighted by Crippen LogP contribution is 2.29. The van der Waals surface area contributed by atoms with Crippen LogP contribution in [0.2, 0.25) is 0 Å². The van der Waals surface area contributed by atoms with Gasteiger partial charge >= 0.3 is 0 Å². The average Bonchev–Trinajstić information content (AvgIpc) is 3.34. The van der Waals surface area contributed by atoms with Gasteiger partial charge in [-0.2, -0.15) is 0 Å². The molecule has 2 aliphatic heterocycles. The molecule has 2 aromatic carbocycles. The van der Waals surface area contributed by atoms with Gasteiger partial charge in [-0.15, -0.1) is 0 Å². The quantitative estimate of drug-likeness (QED) is 0.546. The number of likely N-dealkylation sites (N-methyl/N-ethyl adjacent to an activating group) is 1. The van der Waals surface area contributed by atoms with Gasteiger partial charge in [0.25, 0.3) is 5.91 Å². The van der Waals surface area contributed by atoms with E-state index in [1.165, 1.54) is 11.0 Å². The third kappa shape index (κ3) is 5.70. The standard InChI is InChI=1S/C27H37FN4O2/c1-4-5-18-34-24-9-6-21(7-10-24)27(33)30(3)22-8-11-26(25(28)19-22)32-13-12-23(20-32)31-16-14-29(2)15-17-31/h6-11,19,23H,4-5,12-18,20H2,1-3H3. The van der Waals surface area contributed by atoms with Crippen LogP contribution in [0.25, 0.3) is 0 Å². The number of piperazine rings is 1. The monoisotopic (exact) mass is 468 g/mol. The van der Waals surface area contributed by atoms with E-state index in [0.29, 0.717) is 29.6 Å². The molecule has 0 spiro atoms. The third-order valence-corrected chi connectivity index (χ3v) is 7.05. The first-order valence-corrected chi connectivity index (χ1v) is 12.4. The molecule has 34 heavy (non-hydrogen) atoms. The molecule has 2 aliphatic rings. The van der Waals surface area contributed by atoms with Gasteiger partial charge in [0.15, 0.2) is 0 Å². The molecule has 4 rings (SSSR count). The lowest BCUT2D eigenvalue weighted by molar-refractivity contribution is 0.0993. The number of hydrogen-bond donors (Lipinski definition) is 0. The number of unbranched alkanes of at least 4 members (excludes halogenated alkanes) is 1. The Bertz CT molecular complexity index is 960. The summed E-state index contributed by atoms with van der Waals surface area (Å²) in [6, 6.07) is 12.7. The molecule has 0 N–H and O–H groups in total. The largest absolute Gasteiger partial charge is 0.494 e. The molecule has 0 bridgehead atoms. The first kappa shape index (κ1) is 24.5. The normalized spacial score (nSPS) is 19.4. The number of halogens is 1.